The van der Waals surface area contributed by atoms with Gasteiger partial charge in [0.25, 0.3) is 0 Å². The predicted molar refractivity (Wildman–Crippen MR) is 48.0 cm³/mol. The molecule has 0 aromatic rings. The Hall–Kier alpha value is -1.26. The topological polar surface area (TPSA) is 66.6 Å². The lowest BCUT2D eigenvalue weighted by Crippen LogP contribution is -2.41. The highest BCUT2D eigenvalue weighted by atomic mass is 16.2. The van der Waals surface area contributed by atoms with Crippen LogP contribution < -0.4 is 5.73 Å². The van der Waals surface area contributed by atoms with Crippen molar-refractivity contribution in [3.05, 3.63) is 0 Å². The Balaban J connectivity index is 2.35. The molecule has 3 amide bonds. The summed E-state index contributed by atoms with van der Waals surface area (Å²) in [6, 6.07) is -0.562. The van der Waals surface area contributed by atoms with Crippen molar-refractivity contribution in [2.24, 2.45) is 5.73 Å². The van der Waals surface area contributed by atoms with Gasteiger partial charge < -0.3 is 15.5 Å². The number of likely N-dealkylation sites (tertiary alicyclic amines) is 1. The Bertz CT molecular complexity index is 211. The zero-order valence-corrected chi connectivity index (χ0v) is 7.82. The van der Waals surface area contributed by atoms with E-state index in [1.165, 1.54) is 11.9 Å². The fourth-order valence-corrected chi connectivity index (χ4v) is 1.35. The third-order valence-electron chi connectivity index (χ3n) is 2.21. The lowest BCUT2D eigenvalue weighted by atomic mass is 10.4. The molecule has 0 atom stereocenters. The van der Waals surface area contributed by atoms with Crippen molar-refractivity contribution in [1.29, 1.82) is 0 Å². The van der Waals surface area contributed by atoms with Crippen molar-refractivity contribution in [1.82, 2.24) is 9.80 Å². The second-order valence-electron chi connectivity index (χ2n) is 3.28. The van der Waals surface area contributed by atoms with E-state index < -0.39 is 6.03 Å². The number of primary amides is 1. The van der Waals surface area contributed by atoms with E-state index in [-0.39, 0.29) is 12.5 Å². The van der Waals surface area contributed by atoms with Gasteiger partial charge in [-0.3, -0.25) is 4.79 Å². The number of hydrogen-bond acceptors (Lipinski definition) is 2. The van der Waals surface area contributed by atoms with Crippen LogP contribution in [-0.4, -0.2) is 48.4 Å². The van der Waals surface area contributed by atoms with E-state index in [4.69, 9.17) is 5.73 Å². The summed E-state index contributed by atoms with van der Waals surface area (Å²) in [5, 5.41) is 0. The van der Waals surface area contributed by atoms with Crippen LogP contribution in [0.2, 0.25) is 0 Å². The van der Waals surface area contributed by atoms with E-state index in [9.17, 15) is 9.59 Å². The molecule has 2 N–H and O–H groups in total. The maximum Gasteiger partial charge on any atom is 0.314 e. The summed E-state index contributed by atoms with van der Waals surface area (Å²) < 4.78 is 0. The third-order valence-corrected chi connectivity index (χ3v) is 2.21. The van der Waals surface area contributed by atoms with Crippen molar-refractivity contribution in [2.45, 2.75) is 12.8 Å². The molecule has 0 aromatic carbocycles. The SMILES string of the molecule is CN(CC(=O)N1CCCC1)C(N)=O. The van der Waals surface area contributed by atoms with Crippen LogP contribution in [-0.2, 0) is 4.79 Å². The predicted octanol–water partition coefficient (Wildman–Crippen LogP) is -0.381. The third kappa shape index (κ3) is 2.61. The van der Waals surface area contributed by atoms with Crippen molar-refractivity contribution >= 4 is 11.9 Å². The minimum atomic E-state index is -0.562. The molecule has 0 radical (unpaired) electrons. The summed E-state index contributed by atoms with van der Waals surface area (Å²) in [5.74, 6) is -0.0150. The number of likely N-dealkylation sites (N-methyl/N-ethyl adjacent to an activating group) is 1. The molecule has 1 aliphatic heterocycles. The fourth-order valence-electron chi connectivity index (χ4n) is 1.35. The number of urea groups is 1. The van der Waals surface area contributed by atoms with E-state index in [1.807, 2.05) is 0 Å². The summed E-state index contributed by atoms with van der Waals surface area (Å²) in [6.45, 7) is 1.71. The molecule has 1 fully saturated rings. The molecule has 0 unspecified atom stereocenters. The lowest BCUT2D eigenvalue weighted by Gasteiger charge is -2.19. The van der Waals surface area contributed by atoms with Gasteiger partial charge in [-0.05, 0) is 12.8 Å². The first-order chi connectivity index (χ1) is 6.11. The fraction of sp³-hybridized carbons (Fsp3) is 0.750. The smallest absolute Gasteiger partial charge is 0.314 e. The van der Waals surface area contributed by atoms with Gasteiger partial charge in [0.1, 0.15) is 6.54 Å². The highest BCUT2D eigenvalue weighted by Crippen LogP contribution is 2.07. The average molecular weight is 185 g/mol. The van der Waals surface area contributed by atoms with Crippen LogP contribution in [0.3, 0.4) is 0 Å². The number of nitrogens with two attached hydrogens (primary N) is 1. The van der Waals surface area contributed by atoms with E-state index in [2.05, 4.69) is 0 Å². The van der Waals surface area contributed by atoms with Crippen LogP contribution in [0.4, 0.5) is 4.79 Å². The summed E-state index contributed by atoms with van der Waals surface area (Å²) in [5.41, 5.74) is 5.00. The Kier molecular flexibility index (Phi) is 3.11. The summed E-state index contributed by atoms with van der Waals surface area (Å²) in [4.78, 5) is 25.0. The molecule has 0 bridgehead atoms. The first-order valence-electron chi connectivity index (χ1n) is 4.39. The maximum absolute atomic E-state index is 11.4. The number of carbonyl (C=O) groups is 2. The summed E-state index contributed by atoms with van der Waals surface area (Å²) >= 11 is 0. The Labute approximate surface area is 77.5 Å². The Morgan fingerprint density at radius 3 is 2.38 bits per heavy atom. The van der Waals surface area contributed by atoms with Crippen LogP contribution in [0.5, 0.6) is 0 Å². The normalized spacial score (nSPS) is 15.9. The molecule has 0 saturated carbocycles. The quantitative estimate of drug-likeness (QED) is 0.637. The summed E-state index contributed by atoms with van der Waals surface area (Å²) in [7, 11) is 1.52. The van der Waals surface area contributed by atoms with Gasteiger partial charge in [0.2, 0.25) is 5.91 Å². The number of rotatable bonds is 2. The minimum absolute atomic E-state index is 0.0150. The van der Waals surface area contributed by atoms with Gasteiger partial charge in [-0.1, -0.05) is 0 Å². The molecule has 1 heterocycles. The number of nitrogens with zero attached hydrogens (tertiary/aromatic N) is 2. The minimum Gasteiger partial charge on any atom is -0.351 e. The molecule has 1 rings (SSSR count). The number of amides is 3. The first-order valence-corrected chi connectivity index (χ1v) is 4.39. The molecule has 0 aromatic heterocycles. The molecule has 74 valence electrons. The van der Waals surface area contributed by atoms with E-state index in [0.29, 0.717) is 0 Å². The second kappa shape index (κ2) is 4.11. The zero-order valence-electron chi connectivity index (χ0n) is 7.82. The van der Waals surface area contributed by atoms with E-state index in [1.54, 1.807) is 4.90 Å². The zero-order chi connectivity index (χ0) is 9.84. The number of carbonyl (C=O) groups excluding carboxylic acids is 2. The molecular weight excluding hydrogens is 170 g/mol. The van der Waals surface area contributed by atoms with Crippen molar-refractivity contribution in [3.8, 4) is 0 Å². The van der Waals surface area contributed by atoms with Gasteiger partial charge in [-0.15, -0.1) is 0 Å². The van der Waals surface area contributed by atoms with Crippen LogP contribution in [0, 0.1) is 0 Å². The van der Waals surface area contributed by atoms with Gasteiger partial charge in [-0.2, -0.15) is 0 Å². The Morgan fingerprint density at radius 2 is 1.92 bits per heavy atom. The molecule has 0 aliphatic carbocycles. The van der Waals surface area contributed by atoms with Crippen LogP contribution in [0.25, 0.3) is 0 Å². The molecule has 1 aliphatic rings. The van der Waals surface area contributed by atoms with Gasteiger partial charge in [0.15, 0.2) is 0 Å². The molecular formula is C8H15N3O2. The van der Waals surface area contributed by atoms with Gasteiger partial charge >= 0.3 is 6.03 Å². The molecule has 0 spiro atoms. The van der Waals surface area contributed by atoms with Gasteiger partial charge in [-0.25, -0.2) is 4.79 Å². The van der Waals surface area contributed by atoms with E-state index in [0.717, 1.165) is 25.9 Å². The monoisotopic (exact) mass is 185 g/mol. The number of hydrogen-bond donors (Lipinski definition) is 1. The summed E-state index contributed by atoms with van der Waals surface area (Å²) in [6.07, 6.45) is 2.12. The molecule has 5 nitrogen and oxygen atoms in total. The van der Waals surface area contributed by atoms with Gasteiger partial charge in [0, 0.05) is 20.1 Å². The average Bonchev–Trinajstić information content (AvgIpc) is 2.55. The first kappa shape index (κ1) is 9.83. The van der Waals surface area contributed by atoms with Crippen molar-refractivity contribution in [3.63, 3.8) is 0 Å². The van der Waals surface area contributed by atoms with Crippen molar-refractivity contribution < 1.29 is 9.59 Å². The van der Waals surface area contributed by atoms with Crippen LogP contribution in [0.1, 0.15) is 12.8 Å². The lowest BCUT2D eigenvalue weighted by molar-refractivity contribution is -0.130. The van der Waals surface area contributed by atoms with E-state index >= 15 is 0 Å². The van der Waals surface area contributed by atoms with Gasteiger partial charge in [0.05, 0.1) is 0 Å². The largest absolute Gasteiger partial charge is 0.351 e. The van der Waals surface area contributed by atoms with Crippen LogP contribution >= 0.6 is 0 Å². The highest BCUT2D eigenvalue weighted by molar-refractivity contribution is 5.83. The Morgan fingerprint density at radius 1 is 1.38 bits per heavy atom. The van der Waals surface area contributed by atoms with Crippen molar-refractivity contribution in [2.75, 3.05) is 26.7 Å². The van der Waals surface area contributed by atoms with Crippen LogP contribution in [0.15, 0.2) is 0 Å². The highest BCUT2D eigenvalue weighted by Gasteiger charge is 2.19. The maximum atomic E-state index is 11.4. The molecule has 13 heavy (non-hydrogen) atoms. The molecule has 1 saturated heterocycles. The molecule has 5 heteroatoms. The second-order valence-corrected chi connectivity index (χ2v) is 3.28. The standard InChI is InChI=1S/C8H15N3O2/c1-10(8(9)13)6-7(12)11-4-2-3-5-11/h2-6H2,1H3,(H2,9,13).